The number of aliphatic carboxylic acids is 1. The molecule has 1 atom stereocenters. The van der Waals surface area contributed by atoms with E-state index >= 15 is 0 Å². The quantitative estimate of drug-likeness (QED) is 0.436. The van der Waals surface area contributed by atoms with Crippen molar-refractivity contribution >= 4 is 28.9 Å². The van der Waals surface area contributed by atoms with Crippen LogP contribution in [0.4, 0.5) is 13.2 Å². The Labute approximate surface area is 218 Å². The average Bonchev–Trinajstić information content (AvgIpc) is 3.30. The minimum Gasteiger partial charge on any atom is -0.480 e. The first-order valence-electron chi connectivity index (χ1n) is 12.9. The molecule has 2 saturated heterocycles. The van der Waals surface area contributed by atoms with Crippen molar-refractivity contribution in [1.29, 1.82) is 0 Å². The van der Waals surface area contributed by atoms with Crippen molar-refractivity contribution in [3.8, 4) is 0 Å². The summed E-state index contributed by atoms with van der Waals surface area (Å²) in [6.07, 6.45) is 7.39. The number of piperidine rings is 2. The van der Waals surface area contributed by atoms with E-state index in [9.17, 15) is 27.9 Å². The van der Waals surface area contributed by atoms with E-state index in [1.54, 1.807) is 11.0 Å². The van der Waals surface area contributed by atoms with Crippen LogP contribution >= 0.6 is 0 Å². The number of amides is 1. The van der Waals surface area contributed by atoms with E-state index in [-0.39, 0.29) is 29.1 Å². The predicted molar refractivity (Wildman–Crippen MR) is 138 cm³/mol. The third-order valence-corrected chi connectivity index (χ3v) is 7.89. The summed E-state index contributed by atoms with van der Waals surface area (Å²) in [5.41, 5.74) is 2.18. The largest absolute Gasteiger partial charge is 0.480 e. The number of H-pyrrole nitrogens is 1. The smallest absolute Gasteiger partial charge is 0.321 e. The second-order valence-electron chi connectivity index (χ2n) is 10.2. The minimum atomic E-state index is -0.844. The molecule has 0 saturated carbocycles. The summed E-state index contributed by atoms with van der Waals surface area (Å²) in [4.78, 5) is 31.8. The van der Waals surface area contributed by atoms with Crippen molar-refractivity contribution < 1.29 is 27.9 Å². The second-order valence-corrected chi connectivity index (χ2v) is 10.2. The van der Waals surface area contributed by atoms with Crippen LogP contribution in [0.2, 0.25) is 0 Å². The molecule has 38 heavy (non-hydrogen) atoms. The van der Waals surface area contributed by atoms with Crippen LogP contribution in [-0.2, 0) is 9.59 Å². The van der Waals surface area contributed by atoms with Crippen molar-refractivity contribution in [3.05, 3.63) is 77.2 Å². The summed E-state index contributed by atoms with van der Waals surface area (Å²) in [6, 6.07) is 7.21. The molecule has 3 heterocycles. The molecule has 6 nitrogen and oxygen atoms in total. The number of fused-ring (bicyclic) bond motifs is 1. The fraction of sp³-hybridized carbons (Fsp3) is 0.379. The third-order valence-electron chi connectivity index (χ3n) is 7.89. The lowest BCUT2D eigenvalue weighted by atomic mass is 9.84. The van der Waals surface area contributed by atoms with Gasteiger partial charge in [-0.15, -0.1) is 0 Å². The molecule has 200 valence electrons. The average molecular weight is 526 g/mol. The van der Waals surface area contributed by atoms with Crippen LogP contribution in [0.25, 0.3) is 17.0 Å². The molecular weight excluding hydrogens is 495 g/mol. The summed E-state index contributed by atoms with van der Waals surface area (Å²) >= 11 is 0. The number of likely N-dealkylation sites (tertiary alicyclic amines) is 2. The van der Waals surface area contributed by atoms with E-state index in [0.717, 1.165) is 47.5 Å². The summed E-state index contributed by atoms with van der Waals surface area (Å²) in [6.45, 7) is 2.16. The van der Waals surface area contributed by atoms with Gasteiger partial charge in [0.25, 0.3) is 0 Å². The molecule has 2 fully saturated rings. The number of hydrogen-bond donors (Lipinski definition) is 2. The van der Waals surface area contributed by atoms with Gasteiger partial charge in [-0.2, -0.15) is 0 Å². The Bertz CT molecular complexity index is 1340. The Kier molecular flexibility index (Phi) is 7.56. The van der Waals surface area contributed by atoms with Crippen LogP contribution in [0.3, 0.4) is 0 Å². The van der Waals surface area contributed by atoms with Gasteiger partial charge < -0.3 is 15.0 Å². The van der Waals surface area contributed by atoms with E-state index in [1.165, 1.54) is 24.3 Å². The van der Waals surface area contributed by atoms with Gasteiger partial charge >= 0.3 is 5.97 Å². The van der Waals surface area contributed by atoms with E-state index in [4.69, 9.17) is 0 Å². The molecule has 1 unspecified atom stereocenters. The molecule has 1 amide bonds. The number of carboxylic acid groups (broad SMARTS) is 1. The summed E-state index contributed by atoms with van der Waals surface area (Å²) < 4.78 is 40.3. The molecule has 2 aliphatic heterocycles. The van der Waals surface area contributed by atoms with Gasteiger partial charge in [-0.05, 0) is 98.1 Å². The van der Waals surface area contributed by atoms with Crippen LogP contribution in [0.5, 0.6) is 0 Å². The van der Waals surface area contributed by atoms with Crippen LogP contribution in [0.15, 0.2) is 48.7 Å². The van der Waals surface area contributed by atoms with Crippen LogP contribution in [-0.4, -0.2) is 64.0 Å². The van der Waals surface area contributed by atoms with E-state index < -0.39 is 23.6 Å². The maximum atomic E-state index is 13.6. The number of hydrogen-bond acceptors (Lipinski definition) is 3. The number of carbonyl (C=O) groups excluding carboxylic acids is 1. The van der Waals surface area contributed by atoms with Crippen LogP contribution in [0, 0.1) is 23.4 Å². The van der Waals surface area contributed by atoms with Gasteiger partial charge in [0.15, 0.2) is 0 Å². The highest BCUT2D eigenvalue weighted by Crippen LogP contribution is 2.35. The molecule has 2 aromatic carbocycles. The number of carbonyl (C=O) groups is 2. The molecule has 0 radical (unpaired) electrons. The highest BCUT2D eigenvalue weighted by molar-refractivity contribution is 5.91. The normalized spacial score (nSPS) is 18.9. The van der Waals surface area contributed by atoms with Crippen molar-refractivity contribution in [2.24, 2.45) is 5.92 Å². The van der Waals surface area contributed by atoms with Gasteiger partial charge in [-0.25, -0.2) is 13.2 Å². The van der Waals surface area contributed by atoms with E-state index in [0.29, 0.717) is 39.0 Å². The van der Waals surface area contributed by atoms with E-state index in [2.05, 4.69) is 4.98 Å². The Balaban J connectivity index is 1.17. The van der Waals surface area contributed by atoms with Gasteiger partial charge in [0, 0.05) is 42.3 Å². The highest BCUT2D eigenvalue weighted by atomic mass is 19.1. The molecule has 1 aromatic heterocycles. The lowest BCUT2D eigenvalue weighted by molar-refractivity contribution is -0.147. The number of aromatic amines is 1. The molecule has 2 N–H and O–H groups in total. The maximum absolute atomic E-state index is 13.6. The number of aromatic nitrogens is 1. The first-order valence-corrected chi connectivity index (χ1v) is 12.9. The number of halogens is 3. The highest BCUT2D eigenvalue weighted by Gasteiger charge is 2.38. The minimum absolute atomic E-state index is 0.0783. The van der Waals surface area contributed by atoms with Gasteiger partial charge in [0.05, 0.1) is 0 Å². The topological polar surface area (TPSA) is 76.6 Å². The first kappa shape index (κ1) is 26.0. The molecule has 0 aliphatic carbocycles. The first-order chi connectivity index (χ1) is 18.3. The summed E-state index contributed by atoms with van der Waals surface area (Å²) in [7, 11) is 0. The Hall–Kier alpha value is -3.59. The lowest BCUT2D eigenvalue weighted by Crippen LogP contribution is -2.52. The number of rotatable bonds is 6. The lowest BCUT2D eigenvalue weighted by Gasteiger charge is -2.41. The molecule has 5 rings (SSSR count). The zero-order valence-corrected chi connectivity index (χ0v) is 20.9. The fourth-order valence-corrected chi connectivity index (χ4v) is 5.98. The number of carboxylic acids is 1. The molecule has 9 heteroatoms. The molecule has 2 aliphatic rings. The number of nitrogens with zero attached hydrogens (tertiary/aromatic N) is 2. The molecule has 0 bridgehead atoms. The van der Waals surface area contributed by atoms with Gasteiger partial charge in [0.1, 0.15) is 23.5 Å². The zero-order chi connectivity index (χ0) is 26.8. The maximum Gasteiger partial charge on any atom is 0.321 e. The zero-order valence-electron chi connectivity index (χ0n) is 20.9. The SMILES string of the molecule is O=C(O)C(C1CCN(C(=O)/C=C/c2cc(F)cc(F)c2)CC1)N1CCC(c2c[nH]c3cc(F)ccc23)CC1. The Morgan fingerprint density at radius 2 is 1.61 bits per heavy atom. The Morgan fingerprint density at radius 1 is 0.921 bits per heavy atom. The Morgan fingerprint density at radius 3 is 2.26 bits per heavy atom. The molecule has 3 aromatic rings. The summed E-state index contributed by atoms with van der Waals surface area (Å²) in [5, 5.41) is 11.1. The van der Waals surface area contributed by atoms with Crippen molar-refractivity contribution in [3.63, 3.8) is 0 Å². The molecular formula is C29H30F3N3O3. The van der Waals surface area contributed by atoms with Gasteiger partial charge in [0.2, 0.25) is 5.91 Å². The number of nitrogens with one attached hydrogen (secondary N) is 1. The predicted octanol–water partition coefficient (Wildman–Crippen LogP) is 5.17. The van der Waals surface area contributed by atoms with Gasteiger partial charge in [-0.1, -0.05) is 0 Å². The standard InChI is InChI=1S/C29H30F3N3O3/c30-21-2-3-24-25(17-33-26(24)16-21)19-5-11-35(12-6-19)28(29(37)38)20-7-9-34(10-8-20)27(36)4-1-18-13-22(31)15-23(32)14-18/h1-4,13-17,19-20,28,33H,5-12H2,(H,37,38)/b4-1+. The van der Waals surface area contributed by atoms with Crippen molar-refractivity contribution in [2.75, 3.05) is 26.2 Å². The monoisotopic (exact) mass is 525 g/mol. The van der Waals surface area contributed by atoms with E-state index in [1.807, 2.05) is 11.1 Å². The van der Waals surface area contributed by atoms with Crippen LogP contribution in [0.1, 0.15) is 42.7 Å². The van der Waals surface area contributed by atoms with Crippen molar-refractivity contribution in [1.82, 2.24) is 14.8 Å². The van der Waals surface area contributed by atoms with Gasteiger partial charge in [-0.3, -0.25) is 14.5 Å². The fourth-order valence-electron chi connectivity index (χ4n) is 5.98. The number of benzene rings is 2. The second kappa shape index (κ2) is 11.0. The third kappa shape index (κ3) is 5.62. The van der Waals surface area contributed by atoms with Crippen molar-refractivity contribution in [2.45, 2.75) is 37.6 Å². The summed E-state index contributed by atoms with van der Waals surface area (Å²) in [5.74, 6) is -2.61. The molecule has 0 spiro atoms. The van der Waals surface area contributed by atoms with Crippen LogP contribution < -0.4 is 0 Å².